The van der Waals surface area contributed by atoms with E-state index in [2.05, 4.69) is 15.5 Å². The number of nitrogens with zero attached hydrogens (tertiary/aromatic N) is 2. The fraction of sp³-hybridized carbons (Fsp3) is 0.105. The van der Waals surface area contributed by atoms with E-state index in [1.165, 1.54) is 29.5 Å². The Kier molecular flexibility index (Phi) is 5.66. The summed E-state index contributed by atoms with van der Waals surface area (Å²) in [5.41, 5.74) is 0.595. The number of carbonyl (C=O) groups excluding carboxylic acids is 1. The van der Waals surface area contributed by atoms with Crippen molar-refractivity contribution in [2.24, 2.45) is 0 Å². The summed E-state index contributed by atoms with van der Waals surface area (Å²) in [6.45, 7) is 0. The summed E-state index contributed by atoms with van der Waals surface area (Å²) < 4.78 is 38.1. The molecule has 0 radical (unpaired) electrons. The van der Waals surface area contributed by atoms with Gasteiger partial charge in [-0.15, -0.1) is 10.2 Å². The first-order chi connectivity index (χ1) is 12.9. The van der Waals surface area contributed by atoms with E-state index in [1.807, 2.05) is 30.3 Å². The van der Waals surface area contributed by atoms with Crippen molar-refractivity contribution in [1.29, 1.82) is 0 Å². The molecule has 4 nitrogen and oxygen atoms in total. The Morgan fingerprint density at radius 2 is 1.85 bits per heavy atom. The topological polar surface area (TPSA) is 54.9 Å². The van der Waals surface area contributed by atoms with Crippen LogP contribution < -0.4 is 5.32 Å². The molecule has 0 saturated carbocycles. The van der Waals surface area contributed by atoms with Gasteiger partial charge in [0.2, 0.25) is 11.0 Å². The van der Waals surface area contributed by atoms with Gasteiger partial charge in [0.15, 0.2) is 0 Å². The van der Waals surface area contributed by atoms with E-state index in [-0.39, 0.29) is 5.56 Å². The molecule has 1 amide bonds. The lowest BCUT2D eigenvalue weighted by atomic mass is 10.1. The molecule has 0 unspecified atom stereocenters. The molecule has 0 saturated heterocycles. The van der Waals surface area contributed by atoms with Gasteiger partial charge in [0, 0.05) is 12.5 Å². The van der Waals surface area contributed by atoms with E-state index >= 15 is 0 Å². The SMILES string of the molecule is O=C(/C=C/c1cccc(C(F)(F)F)c1)Nc1nnc(Cc2ccccc2)s1. The molecule has 138 valence electrons. The molecule has 3 aromatic rings. The van der Waals surface area contributed by atoms with Crippen LogP contribution in [0.4, 0.5) is 18.3 Å². The standard InChI is InChI=1S/C19H14F3N3OS/c20-19(21,22)15-8-4-7-14(11-15)9-10-16(26)23-18-25-24-17(27-18)12-13-5-2-1-3-6-13/h1-11H,12H2,(H,23,25,26)/b10-9+. The van der Waals surface area contributed by atoms with Crippen molar-refractivity contribution in [1.82, 2.24) is 10.2 Å². The molecule has 3 rings (SSSR count). The molecule has 0 aliphatic heterocycles. The minimum absolute atomic E-state index is 0.280. The highest BCUT2D eigenvalue weighted by Crippen LogP contribution is 2.29. The number of anilines is 1. The molecule has 1 heterocycles. The van der Waals surface area contributed by atoms with Crippen LogP contribution in [0, 0.1) is 0 Å². The van der Waals surface area contributed by atoms with Gasteiger partial charge in [-0.1, -0.05) is 53.8 Å². The maximum atomic E-state index is 12.7. The van der Waals surface area contributed by atoms with Gasteiger partial charge < -0.3 is 0 Å². The first-order valence-corrected chi connectivity index (χ1v) is 8.74. The number of hydrogen-bond acceptors (Lipinski definition) is 4. The summed E-state index contributed by atoms with van der Waals surface area (Å²) in [7, 11) is 0. The Balaban J connectivity index is 1.60. The van der Waals surface area contributed by atoms with Crippen molar-refractivity contribution in [2.45, 2.75) is 12.6 Å². The predicted molar refractivity (Wildman–Crippen MR) is 98.3 cm³/mol. The highest BCUT2D eigenvalue weighted by molar-refractivity contribution is 7.15. The van der Waals surface area contributed by atoms with Crippen LogP contribution in [-0.2, 0) is 17.4 Å². The third-order valence-electron chi connectivity index (χ3n) is 3.54. The summed E-state index contributed by atoms with van der Waals surface area (Å²) in [6, 6.07) is 14.5. The average Bonchev–Trinajstić information content (AvgIpc) is 3.07. The molecule has 0 spiro atoms. The average molecular weight is 389 g/mol. The van der Waals surface area contributed by atoms with Gasteiger partial charge in [-0.25, -0.2) is 0 Å². The highest BCUT2D eigenvalue weighted by atomic mass is 32.1. The predicted octanol–water partition coefficient (Wildman–Crippen LogP) is 4.80. The zero-order valence-electron chi connectivity index (χ0n) is 13.9. The maximum absolute atomic E-state index is 12.7. The summed E-state index contributed by atoms with van der Waals surface area (Å²) in [5, 5.41) is 11.6. The number of hydrogen-bond donors (Lipinski definition) is 1. The second kappa shape index (κ2) is 8.13. The number of amides is 1. The first-order valence-electron chi connectivity index (χ1n) is 7.93. The van der Waals surface area contributed by atoms with Gasteiger partial charge >= 0.3 is 6.18 Å². The molecule has 1 N–H and O–H groups in total. The molecular formula is C19H14F3N3OS. The van der Waals surface area contributed by atoms with E-state index < -0.39 is 17.6 Å². The fourth-order valence-corrected chi connectivity index (χ4v) is 3.06. The largest absolute Gasteiger partial charge is 0.416 e. The quantitative estimate of drug-likeness (QED) is 0.638. The van der Waals surface area contributed by atoms with E-state index in [0.29, 0.717) is 11.6 Å². The molecule has 0 bridgehead atoms. The summed E-state index contributed by atoms with van der Waals surface area (Å²) in [6.07, 6.45) is -1.34. The zero-order chi connectivity index (χ0) is 19.3. The first kappa shape index (κ1) is 18.8. The highest BCUT2D eigenvalue weighted by Gasteiger charge is 2.30. The van der Waals surface area contributed by atoms with Crippen LogP contribution in [0.25, 0.3) is 6.08 Å². The zero-order valence-corrected chi connectivity index (χ0v) is 14.7. The Morgan fingerprint density at radius 1 is 1.07 bits per heavy atom. The smallest absolute Gasteiger partial charge is 0.297 e. The Labute approximate surface area is 157 Å². The third-order valence-corrected chi connectivity index (χ3v) is 4.37. The van der Waals surface area contributed by atoms with Crippen LogP contribution in [0.2, 0.25) is 0 Å². The number of aromatic nitrogens is 2. The van der Waals surface area contributed by atoms with Crippen LogP contribution in [0.1, 0.15) is 21.7 Å². The molecule has 1 aromatic heterocycles. The lowest BCUT2D eigenvalue weighted by Gasteiger charge is -2.06. The van der Waals surface area contributed by atoms with Crippen LogP contribution in [0.15, 0.2) is 60.7 Å². The summed E-state index contributed by atoms with van der Waals surface area (Å²) >= 11 is 1.25. The van der Waals surface area contributed by atoms with Crippen LogP contribution >= 0.6 is 11.3 Å². The lowest BCUT2D eigenvalue weighted by Crippen LogP contribution is -2.07. The molecule has 0 aliphatic rings. The van der Waals surface area contributed by atoms with Gasteiger partial charge in [0.25, 0.3) is 0 Å². The van der Waals surface area contributed by atoms with Gasteiger partial charge in [-0.05, 0) is 29.3 Å². The monoisotopic (exact) mass is 389 g/mol. The van der Waals surface area contributed by atoms with Crippen LogP contribution in [-0.4, -0.2) is 16.1 Å². The van der Waals surface area contributed by atoms with Gasteiger partial charge in [0.1, 0.15) is 5.01 Å². The number of rotatable bonds is 5. The third kappa shape index (κ3) is 5.49. The van der Waals surface area contributed by atoms with Crippen molar-refractivity contribution < 1.29 is 18.0 Å². The van der Waals surface area contributed by atoms with E-state index in [9.17, 15) is 18.0 Å². The lowest BCUT2D eigenvalue weighted by molar-refractivity contribution is -0.137. The number of carbonyl (C=O) groups is 1. The van der Waals surface area contributed by atoms with Gasteiger partial charge in [-0.3, -0.25) is 10.1 Å². The minimum atomic E-state index is -4.42. The van der Waals surface area contributed by atoms with E-state index in [4.69, 9.17) is 0 Å². The number of benzene rings is 2. The van der Waals surface area contributed by atoms with Crippen molar-refractivity contribution in [3.63, 3.8) is 0 Å². The Morgan fingerprint density at radius 3 is 2.59 bits per heavy atom. The van der Waals surface area contributed by atoms with Gasteiger partial charge in [-0.2, -0.15) is 13.2 Å². The van der Waals surface area contributed by atoms with Crippen molar-refractivity contribution in [3.05, 3.63) is 82.4 Å². The second-order valence-electron chi connectivity index (χ2n) is 5.61. The van der Waals surface area contributed by atoms with E-state index in [1.54, 1.807) is 0 Å². The van der Waals surface area contributed by atoms with Crippen LogP contribution in [0.5, 0.6) is 0 Å². The molecular weight excluding hydrogens is 375 g/mol. The van der Waals surface area contributed by atoms with Crippen molar-refractivity contribution in [3.8, 4) is 0 Å². The molecule has 0 atom stereocenters. The molecule has 2 aromatic carbocycles. The summed E-state index contributed by atoms with van der Waals surface area (Å²) in [4.78, 5) is 12.0. The maximum Gasteiger partial charge on any atom is 0.416 e. The van der Waals surface area contributed by atoms with Crippen molar-refractivity contribution >= 4 is 28.5 Å². The number of halogens is 3. The summed E-state index contributed by atoms with van der Waals surface area (Å²) in [5.74, 6) is -0.491. The van der Waals surface area contributed by atoms with Crippen LogP contribution in [0.3, 0.4) is 0 Å². The second-order valence-corrected chi connectivity index (χ2v) is 6.67. The number of nitrogens with one attached hydrogen (secondary N) is 1. The number of alkyl halides is 3. The van der Waals surface area contributed by atoms with Gasteiger partial charge in [0.05, 0.1) is 5.56 Å². The normalized spacial score (nSPS) is 11.7. The minimum Gasteiger partial charge on any atom is -0.297 e. The molecule has 0 aliphatic carbocycles. The van der Waals surface area contributed by atoms with E-state index in [0.717, 1.165) is 28.8 Å². The fourth-order valence-electron chi connectivity index (χ4n) is 2.28. The Bertz CT molecular complexity index is 952. The Hall–Kier alpha value is -3.00. The van der Waals surface area contributed by atoms with Crippen molar-refractivity contribution in [2.75, 3.05) is 5.32 Å². The molecule has 8 heteroatoms. The molecule has 0 fully saturated rings. The molecule has 27 heavy (non-hydrogen) atoms.